The highest BCUT2D eigenvalue weighted by atomic mass is 35.5. The average Bonchev–Trinajstić information content (AvgIpc) is 3.00. The number of rotatable bonds is 6. The first kappa shape index (κ1) is 28.2. The Balaban J connectivity index is 1.31. The molecule has 41 heavy (non-hydrogen) atoms. The van der Waals surface area contributed by atoms with Crippen molar-refractivity contribution in [3.05, 3.63) is 58.0 Å². The third-order valence-electron chi connectivity index (χ3n) is 8.98. The zero-order valence-corrected chi connectivity index (χ0v) is 25.3. The van der Waals surface area contributed by atoms with E-state index in [2.05, 4.69) is 63.6 Å². The van der Waals surface area contributed by atoms with Crippen LogP contribution in [0.4, 0.5) is 17.5 Å². The molecule has 2 saturated heterocycles. The number of aliphatic hydroxyl groups is 1. The fourth-order valence-electron chi connectivity index (χ4n) is 6.38. The topological polar surface area (TPSA) is 77.9 Å². The molecule has 6 rings (SSSR count). The van der Waals surface area contributed by atoms with Crippen molar-refractivity contribution in [1.29, 1.82) is 0 Å². The van der Waals surface area contributed by atoms with Crippen LogP contribution in [0.25, 0.3) is 11.1 Å². The zero-order valence-electron chi connectivity index (χ0n) is 24.5. The lowest BCUT2D eigenvalue weighted by Gasteiger charge is -2.40. The number of ether oxygens (including phenoxy) is 1. The molecule has 0 atom stereocenters. The van der Waals surface area contributed by atoms with Crippen LogP contribution in [0.3, 0.4) is 0 Å². The summed E-state index contributed by atoms with van der Waals surface area (Å²) in [6.45, 7) is 13.4. The number of halogens is 1. The second kappa shape index (κ2) is 11.7. The molecule has 3 aromatic rings. The van der Waals surface area contributed by atoms with Gasteiger partial charge in [0.15, 0.2) is 0 Å². The lowest BCUT2D eigenvalue weighted by molar-refractivity contribution is 0.122. The van der Waals surface area contributed by atoms with Crippen LogP contribution in [-0.2, 0) is 30.7 Å². The van der Waals surface area contributed by atoms with Gasteiger partial charge in [0.25, 0.3) is 0 Å². The van der Waals surface area contributed by atoms with Gasteiger partial charge in [-0.25, -0.2) is 9.97 Å². The van der Waals surface area contributed by atoms with Gasteiger partial charge in [0.1, 0.15) is 11.0 Å². The predicted molar refractivity (Wildman–Crippen MR) is 165 cm³/mol. The van der Waals surface area contributed by atoms with E-state index in [9.17, 15) is 5.11 Å². The van der Waals surface area contributed by atoms with Crippen LogP contribution in [0.5, 0.6) is 0 Å². The molecule has 1 aromatic carbocycles. The van der Waals surface area contributed by atoms with Gasteiger partial charge in [0.05, 0.1) is 31.2 Å². The summed E-state index contributed by atoms with van der Waals surface area (Å²) >= 11 is 6.72. The third-order valence-corrected chi connectivity index (χ3v) is 9.30. The Labute approximate surface area is 248 Å². The molecule has 0 unspecified atom stereocenters. The number of anilines is 3. The van der Waals surface area contributed by atoms with Gasteiger partial charge in [0.2, 0.25) is 5.95 Å². The van der Waals surface area contributed by atoms with E-state index in [0.29, 0.717) is 16.3 Å². The van der Waals surface area contributed by atoms with Crippen LogP contribution in [0.2, 0.25) is 5.15 Å². The highest BCUT2D eigenvalue weighted by molar-refractivity contribution is 6.30. The zero-order chi connectivity index (χ0) is 28.6. The van der Waals surface area contributed by atoms with Crippen LogP contribution in [0.15, 0.2) is 30.5 Å². The molecule has 0 saturated carbocycles. The van der Waals surface area contributed by atoms with Crippen molar-refractivity contribution in [2.24, 2.45) is 5.41 Å². The molecular weight excluding hydrogens is 536 g/mol. The Hall–Kier alpha value is -2.94. The smallest absolute Gasteiger partial charge is 0.227 e. The number of piperidine rings is 1. The van der Waals surface area contributed by atoms with E-state index < -0.39 is 0 Å². The number of pyridine rings is 1. The van der Waals surface area contributed by atoms with E-state index in [4.69, 9.17) is 21.3 Å². The van der Waals surface area contributed by atoms with Gasteiger partial charge in [-0.15, -0.1) is 0 Å². The quantitative estimate of drug-likeness (QED) is 0.398. The van der Waals surface area contributed by atoms with Crippen molar-refractivity contribution < 1.29 is 9.84 Å². The molecule has 0 amide bonds. The van der Waals surface area contributed by atoms with E-state index in [1.165, 1.54) is 11.1 Å². The second-order valence-corrected chi connectivity index (χ2v) is 12.5. The first-order valence-electron chi connectivity index (χ1n) is 15.0. The maximum Gasteiger partial charge on any atom is 0.227 e. The van der Waals surface area contributed by atoms with Gasteiger partial charge < -0.3 is 24.5 Å². The first-order chi connectivity index (χ1) is 19.9. The van der Waals surface area contributed by atoms with Crippen LogP contribution in [0.1, 0.15) is 56.0 Å². The van der Waals surface area contributed by atoms with E-state index in [1.807, 2.05) is 12.3 Å². The highest BCUT2D eigenvalue weighted by Crippen LogP contribution is 2.43. The number of aliphatic hydroxyl groups excluding tert-OH is 1. The van der Waals surface area contributed by atoms with Crippen molar-refractivity contribution in [3.63, 3.8) is 0 Å². The largest absolute Gasteiger partial charge is 0.390 e. The van der Waals surface area contributed by atoms with Gasteiger partial charge in [-0.3, -0.25) is 0 Å². The van der Waals surface area contributed by atoms with Crippen molar-refractivity contribution in [2.45, 2.75) is 59.6 Å². The molecule has 9 heteroatoms. The fraction of sp³-hybridized carbons (Fsp3) is 0.531. The Kier molecular flexibility index (Phi) is 8.07. The normalized spacial score (nSPS) is 18.9. The summed E-state index contributed by atoms with van der Waals surface area (Å²) in [5.41, 5.74) is 7.94. The molecule has 0 spiro atoms. The van der Waals surface area contributed by atoms with Gasteiger partial charge in [0, 0.05) is 56.6 Å². The Morgan fingerprint density at radius 1 is 0.951 bits per heavy atom. The van der Waals surface area contributed by atoms with Crippen LogP contribution < -0.4 is 14.7 Å². The van der Waals surface area contributed by atoms with Crippen molar-refractivity contribution >= 4 is 29.1 Å². The minimum atomic E-state index is -0.146. The number of benzene rings is 1. The van der Waals surface area contributed by atoms with Crippen LogP contribution in [-0.4, -0.2) is 66.0 Å². The molecule has 0 radical (unpaired) electrons. The Bertz CT molecular complexity index is 1400. The molecule has 0 bridgehead atoms. The van der Waals surface area contributed by atoms with Gasteiger partial charge in [-0.05, 0) is 53.9 Å². The molecule has 3 aliphatic heterocycles. The highest BCUT2D eigenvalue weighted by Gasteiger charge is 2.30. The first-order valence-corrected chi connectivity index (χ1v) is 15.3. The summed E-state index contributed by atoms with van der Waals surface area (Å²) < 4.78 is 5.51. The molecule has 5 heterocycles. The van der Waals surface area contributed by atoms with Crippen molar-refractivity contribution in [1.82, 2.24) is 15.0 Å². The van der Waals surface area contributed by atoms with Crippen LogP contribution in [0, 0.1) is 5.41 Å². The second-order valence-electron chi connectivity index (χ2n) is 12.2. The molecule has 2 aromatic heterocycles. The minimum Gasteiger partial charge on any atom is -0.390 e. The number of aromatic nitrogens is 3. The molecule has 1 N–H and O–H groups in total. The van der Waals surface area contributed by atoms with E-state index in [1.54, 1.807) is 0 Å². The summed E-state index contributed by atoms with van der Waals surface area (Å²) in [6, 6.07) is 8.71. The summed E-state index contributed by atoms with van der Waals surface area (Å²) in [5, 5.41) is 10.9. The number of hydrogen-bond donors (Lipinski definition) is 1. The third kappa shape index (κ3) is 5.74. The lowest BCUT2D eigenvalue weighted by atomic mass is 9.82. The molecule has 218 valence electrons. The summed E-state index contributed by atoms with van der Waals surface area (Å²) in [6.07, 6.45) is 5.81. The van der Waals surface area contributed by atoms with Gasteiger partial charge >= 0.3 is 0 Å². The Morgan fingerprint density at radius 3 is 2.46 bits per heavy atom. The molecule has 8 nitrogen and oxygen atoms in total. The fourth-order valence-corrected chi connectivity index (χ4v) is 6.71. The number of fused-ring (bicyclic) bond motifs is 1. The van der Waals surface area contributed by atoms with E-state index in [0.717, 1.165) is 112 Å². The van der Waals surface area contributed by atoms with Crippen molar-refractivity contribution in [2.75, 3.05) is 60.6 Å². The SMILES string of the molecule is CCc1c(Cl)nc(CO)c(-c2ccc3c(c2)CCN(c2nccc(N4CCOCC4)n2)C3)c1N1CCC(C)(C)CC1. The molecular formula is C32H41ClN6O2. The lowest BCUT2D eigenvalue weighted by Crippen LogP contribution is -2.38. The maximum atomic E-state index is 10.4. The van der Waals surface area contributed by atoms with E-state index >= 15 is 0 Å². The molecule has 2 fully saturated rings. The monoisotopic (exact) mass is 576 g/mol. The average molecular weight is 577 g/mol. The Morgan fingerprint density at radius 2 is 1.73 bits per heavy atom. The summed E-state index contributed by atoms with van der Waals surface area (Å²) in [7, 11) is 0. The number of hydrogen-bond acceptors (Lipinski definition) is 8. The van der Waals surface area contributed by atoms with E-state index in [-0.39, 0.29) is 6.61 Å². The van der Waals surface area contributed by atoms with Crippen molar-refractivity contribution in [3.8, 4) is 11.1 Å². The van der Waals surface area contributed by atoms with Crippen LogP contribution >= 0.6 is 11.6 Å². The molecule has 3 aliphatic rings. The minimum absolute atomic E-state index is 0.146. The number of nitrogens with zero attached hydrogens (tertiary/aromatic N) is 6. The van der Waals surface area contributed by atoms with Gasteiger partial charge in [-0.1, -0.05) is 50.6 Å². The standard InChI is InChI=1S/C32H41ClN6O2/c1-4-25-29(38-13-9-32(2,3)10-14-38)28(26(21-40)35-30(25)33)23-5-6-24-20-39(12-8-22(24)19-23)31-34-11-7-27(36-31)37-15-17-41-18-16-37/h5-7,11,19,40H,4,8-10,12-18,20-21H2,1-3H3. The predicted octanol–water partition coefficient (Wildman–Crippen LogP) is 5.27. The van der Waals surface area contributed by atoms with Gasteiger partial charge in [-0.2, -0.15) is 4.98 Å². The summed E-state index contributed by atoms with van der Waals surface area (Å²) in [4.78, 5) is 21.2. The number of morpholine rings is 1. The summed E-state index contributed by atoms with van der Waals surface area (Å²) in [5.74, 6) is 1.74. The maximum absolute atomic E-state index is 10.4. The molecule has 0 aliphatic carbocycles.